The van der Waals surface area contributed by atoms with Crippen LogP contribution in [0.4, 0.5) is 0 Å². The zero-order valence-corrected chi connectivity index (χ0v) is 14.1. The van der Waals surface area contributed by atoms with E-state index in [-0.39, 0.29) is 17.4 Å². The van der Waals surface area contributed by atoms with Crippen LogP contribution in [0.25, 0.3) is 0 Å². The first-order valence-electron chi connectivity index (χ1n) is 7.97. The van der Waals surface area contributed by atoms with Gasteiger partial charge < -0.3 is 10.6 Å². The van der Waals surface area contributed by atoms with E-state index in [9.17, 15) is 4.79 Å². The van der Waals surface area contributed by atoms with Crippen LogP contribution in [0, 0.1) is 0 Å². The number of carbonyl (C=O) groups excluding carboxylic acids is 1. The minimum atomic E-state index is -0.0471. The zero-order chi connectivity index (χ0) is 16.0. The first kappa shape index (κ1) is 17.7. The lowest BCUT2D eigenvalue weighted by atomic mass is 9.83. The van der Waals surface area contributed by atoms with Crippen molar-refractivity contribution in [2.75, 3.05) is 13.1 Å². The second-order valence-electron chi connectivity index (χ2n) is 6.55. The Bertz CT molecular complexity index is 459. The molecule has 0 atom stereocenters. The van der Waals surface area contributed by atoms with Gasteiger partial charge in [0.1, 0.15) is 0 Å². The van der Waals surface area contributed by atoms with E-state index < -0.39 is 0 Å². The summed E-state index contributed by atoms with van der Waals surface area (Å²) in [5, 5.41) is 0. The Morgan fingerprint density at radius 2 is 1.76 bits per heavy atom. The number of hydrogen-bond acceptors (Lipinski definition) is 2. The van der Waals surface area contributed by atoms with Crippen molar-refractivity contribution in [2.45, 2.75) is 58.9 Å². The molecule has 0 unspecified atom stereocenters. The second-order valence-corrected chi connectivity index (χ2v) is 6.55. The Morgan fingerprint density at radius 3 is 2.24 bits per heavy atom. The van der Waals surface area contributed by atoms with Crippen LogP contribution in [-0.4, -0.2) is 29.9 Å². The summed E-state index contributed by atoms with van der Waals surface area (Å²) in [5.74, 6) is 0.111. The third kappa shape index (κ3) is 4.31. The largest absolute Gasteiger partial charge is 0.334 e. The molecule has 3 heteroatoms. The Balaban J connectivity index is 3.21. The fraction of sp³-hybridized carbons (Fsp3) is 0.611. The molecule has 0 aliphatic rings. The predicted molar refractivity (Wildman–Crippen MR) is 89.6 cm³/mol. The maximum atomic E-state index is 13.0. The molecule has 1 aromatic carbocycles. The number of nitrogens with two attached hydrogens (primary N) is 1. The van der Waals surface area contributed by atoms with E-state index in [1.165, 1.54) is 0 Å². The molecule has 1 aromatic rings. The van der Waals surface area contributed by atoms with Crippen molar-refractivity contribution in [1.82, 2.24) is 4.90 Å². The van der Waals surface area contributed by atoms with Gasteiger partial charge in [0, 0.05) is 24.7 Å². The van der Waals surface area contributed by atoms with Gasteiger partial charge in [-0.15, -0.1) is 0 Å². The zero-order valence-electron chi connectivity index (χ0n) is 14.1. The van der Waals surface area contributed by atoms with Crippen molar-refractivity contribution >= 4 is 5.91 Å². The van der Waals surface area contributed by atoms with Gasteiger partial charge in [-0.3, -0.25) is 4.79 Å². The third-order valence-corrected chi connectivity index (χ3v) is 3.98. The molecule has 0 saturated heterocycles. The third-order valence-electron chi connectivity index (χ3n) is 3.98. The van der Waals surface area contributed by atoms with E-state index in [1.807, 2.05) is 23.1 Å². The summed E-state index contributed by atoms with van der Waals surface area (Å²) in [5.41, 5.74) is 7.59. The molecule has 0 aliphatic carbocycles. The van der Waals surface area contributed by atoms with Crippen molar-refractivity contribution in [3.8, 4) is 0 Å². The summed E-state index contributed by atoms with van der Waals surface area (Å²) >= 11 is 0. The molecule has 2 N–H and O–H groups in total. The average Bonchev–Trinajstić information content (AvgIpc) is 2.46. The van der Waals surface area contributed by atoms with Crippen molar-refractivity contribution < 1.29 is 4.79 Å². The first-order valence-corrected chi connectivity index (χ1v) is 7.97. The van der Waals surface area contributed by atoms with Gasteiger partial charge in [0.05, 0.1) is 0 Å². The molecule has 0 fully saturated rings. The quantitative estimate of drug-likeness (QED) is 0.870. The van der Waals surface area contributed by atoms with Crippen LogP contribution in [0.1, 0.15) is 63.4 Å². The summed E-state index contributed by atoms with van der Waals surface area (Å²) in [4.78, 5) is 15.0. The number of rotatable bonds is 6. The van der Waals surface area contributed by atoms with E-state index in [0.29, 0.717) is 13.1 Å². The van der Waals surface area contributed by atoms with Gasteiger partial charge in [0.25, 0.3) is 5.91 Å². The monoisotopic (exact) mass is 290 g/mol. The standard InChI is InChI=1S/C18H30N2O/c1-6-14(7-2)20(13-12-19)17(21)15-10-8-9-11-16(15)18(3,4)5/h8-11,14H,6-7,12-13,19H2,1-5H3. The highest BCUT2D eigenvalue weighted by Gasteiger charge is 2.27. The van der Waals surface area contributed by atoms with Gasteiger partial charge in [-0.1, -0.05) is 52.8 Å². The van der Waals surface area contributed by atoms with E-state index >= 15 is 0 Å². The van der Waals surface area contributed by atoms with Crippen molar-refractivity contribution in [3.63, 3.8) is 0 Å². The van der Waals surface area contributed by atoms with Crippen LogP contribution >= 0.6 is 0 Å². The molecule has 118 valence electrons. The van der Waals surface area contributed by atoms with Crippen LogP contribution in [0.2, 0.25) is 0 Å². The Labute approximate surface area is 129 Å². The molecule has 3 nitrogen and oxygen atoms in total. The lowest BCUT2D eigenvalue weighted by molar-refractivity contribution is 0.0672. The van der Waals surface area contributed by atoms with E-state index in [0.717, 1.165) is 24.0 Å². The topological polar surface area (TPSA) is 46.3 Å². The smallest absolute Gasteiger partial charge is 0.254 e. The molecular formula is C18H30N2O. The van der Waals surface area contributed by atoms with Crippen LogP contribution in [0.5, 0.6) is 0 Å². The molecular weight excluding hydrogens is 260 g/mol. The van der Waals surface area contributed by atoms with E-state index in [2.05, 4.69) is 40.7 Å². The summed E-state index contributed by atoms with van der Waals surface area (Å²) in [6.07, 6.45) is 1.92. The Kier molecular flexibility index (Phi) is 6.41. The fourth-order valence-corrected chi connectivity index (χ4v) is 2.80. The number of carbonyl (C=O) groups is 1. The molecule has 0 bridgehead atoms. The highest BCUT2D eigenvalue weighted by molar-refractivity contribution is 5.96. The normalized spacial score (nSPS) is 11.8. The Hall–Kier alpha value is -1.35. The number of nitrogens with zero attached hydrogens (tertiary/aromatic N) is 1. The lowest BCUT2D eigenvalue weighted by Crippen LogP contribution is -2.43. The molecule has 21 heavy (non-hydrogen) atoms. The molecule has 0 heterocycles. The summed E-state index contributed by atoms with van der Waals surface area (Å²) in [6, 6.07) is 8.20. The average molecular weight is 290 g/mol. The van der Waals surface area contributed by atoms with Gasteiger partial charge in [-0.25, -0.2) is 0 Å². The van der Waals surface area contributed by atoms with E-state index in [4.69, 9.17) is 5.73 Å². The minimum absolute atomic E-state index is 0.0471. The molecule has 0 aromatic heterocycles. The molecule has 1 amide bonds. The SMILES string of the molecule is CCC(CC)N(CCN)C(=O)c1ccccc1C(C)(C)C. The maximum absolute atomic E-state index is 13.0. The van der Waals surface area contributed by atoms with Crippen LogP contribution in [0.3, 0.4) is 0 Å². The van der Waals surface area contributed by atoms with Gasteiger partial charge >= 0.3 is 0 Å². The minimum Gasteiger partial charge on any atom is -0.334 e. The van der Waals surface area contributed by atoms with E-state index in [1.54, 1.807) is 0 Å². The summed E-state index contributed by atoms with van der Waals surface area (Å²) in [7, 11) is 0. The molecule has 0 aliphatic heterocycles. The summed E-state index contributed by atoms with van der Waals surface area (Å²) in [6.45, 7) is 11.8. The van der Waals surface area contributed by atoms with Gasteiger partial charge in [0.2, 0.25) is 0 Å². The van der Waals surface area contributed by atoms with Crippen LogP contribution in [-0.2, 0) is 5.41 Å². The van der Waals surface area contributed by atoms with Crippen molar-refractivity contribution in [1.29, 1.82) is 0 Å². The highest BCUT2D eigenvalue weighted by Crippen LogP contribution is 2.27. The molecule has 0 radical (unpaired) electrons. The summed E-state index contributed by atoms with van der Waals surface area (Å²) < 4.78 is 0. The van der Waals surface area contributed by atoms with Gasteiger partial charge in [-0.05, 0) is 29.9 Å². The van der Waals surface area contributed by atoms with Gasteiger partial charge in [0.15, 0.2) is 0 Å². The van der Waals surface area contributed by atoms with Gasteiger partial charge in [-0.2, -0.15) is 0 Å². The molecule has 1 rings (SSSR count). The predicted octanol–water partition coefficient (Wildman–Crippen LogP) is 3.57. The number of hydrogen-bond donors (Lipinski definition) is 1. The number of amides is 1. The Morgan fingerprint density at radius 1 is 1.19 bits per heavy atom. The van der Waals surface area contributed by atoms with Crippen molar-refractivity contribution in [2.24, 2.45) is 5.73 Å². The lowest BCUT2D eigenvalue weighted by Gasteiger charge is -2.32. The first-order chi connectivity index (χ1) is 9.86. The molecule has 0 spiro atoms. The van der Waals surface area contributed by atoms with Crippen LogP contribution < -0.4 is 5.73 Å². The number of benzene rings is 1. The molecule has 0 saturated carbocycles. The fourth-order valence-electron chi connectivity index (χ4n) is 2.80. The van der Waals surface area contributed by atoms with Crippen molar-refractivity contribution in [3.05, 3.63) is 35.4 Å². The van der Waals surface area contributed by atoms with Crippen LogP contribution in [0.15, 0.2) is 24.3 Å². The highest BCUT2D eigenvalue weighted by atomic mass is 16.2. The second kappa shape index (κ2) is 7.60. The maximum Gasteiger partial charge on any atom is 0.254 e.